The lowest BCUT2D eigenvalue weighted by molar-refractivity contribution is 1.13. The van der Waals surface area contributed by atoms with E-state index in [1.807, 2.05) is 12.1 Å². The van der Waals surface area contributed by atoms with Crippen LogP contribution in [0, 0.1) is 5.41 Å². The van der Waals surface area contributed by atoms with E-state index < -0.39 is 0 Å². The minimum absolute atomic E-state index is 0.703. The molecule has 0 amide bonds. The Balaban J connectivity index is 2.39. The minimum Gasteiger partial charge on any atom is -0.398 e. The molecule has 0 bridgehead atoms. The number of rotatable bonds is 2. The zero-order valence-electron chi connectivity index (χ0n) is 6.88. The summed E-state index contributed by atoms with van der Waals surface area (Å²) in [5, 5.41) is 7.14. The molecule has 0 saturated heterocycles. The SMILES string of the molecule is N=Cc1cc(C2CC2)ccc1N. The lowest BCUT2D eigenvalue weighted by atomic mass is 10.1. The Morgan fingerprint density at radius 3 is 2.75 bits per heavy atom. The molecule has 0 heterocycles. The number of nitrogen functional groups attached to an aromatic ring is 1. The number of benzene rings is 1. The van der Waals surface area contributed by atoms with Gasteiger partial charge in [0.15, 0.2) is 0 Å². The van der Waals surface area contributed by atoms with Gasteiger partial charge < -0.3 is 11.1 Å². The van der Waals surface area contributed by atoms with Gasteiger partial charge in [0.1, 0.15) is 0 Å². The summed E-state index contributed by atoms with van der Waals surface area (Å²) in [6.45, 7) is 0. The first-order valence-electron chi connectivity index (χ1n) is 4.21. The van der Waals surface area contributed by atoms with E-state index in [4.69, 9.17) is 11.1 Å². The summed E-state index contributed by atoms with van der Waals surface area (Å²) in [4.78, 5) is 0. The van der Waals surface area contributed by atoms with E-state index in [9.17, 15) is 0 Å². The molecule has 1 aromatic rings. The van der Waals surface area contributed by atoms with E-state index in [2.05, 4.69) is 6.07 Å². The van der Waals surface area contributed by atoms with E-state index in [0.29, 0.717) is 5.69 Å². The lowest BCUT2D eigenvalue weighted by Crippen LogP contribution is -1.93. The zero-order chi connectivity index (χ0) is 8.55. The molecular weight excluding hydrogens is 148 g/mol. The Labute approximate surface area is 71.9 Å². The fraction of sp³-hybridized carbons (Fsp3) is 0.300. The van der Waals surface area contributed by atoms with E-state index in [0.717, 1.165) is 11.5 Å². The topological polar surface area (TPSA) is 49.9 Å². The van der Waals surface area contributed by atoms with Crippen molar-refractivity contribution in [3.8, 4) is 0 Å². The standard InChI is InChI=1S/C10H12N2/c11-6-9-5-8(7-1-2-7)3-4-10(9)12/h3-7,11H,1-2,12H2. The first kappa shape index (κ1) is 7.35. The molecule has 1 saturated carbocycles. The van der Waals surface area contributed by atoms with E-state index >= 15 is 0 Å². The van der Waals surface area contributed by atoms with Crippen molar-refractivity contribution in [2.45, 2.75) is 18.8 Å². The van der Waals surface area contributed by atoms with Gasteiger partial charge in [-0.2, -0.15) is 0 Å². The molecule has 0 aliphatic heterocycles. The van der Waals surface area contributed by atoms with Crippen LogP contribution in [0.15, 0.2) is 18.2 Å². The molecule has 3 N–H and O–H groups in total. The van der Waals surface area contributed by atoms with Crippen LogP contribution in [0.1, 0.15) is 29.9 Å². The highest BCUT2D eigenvalue weighted by Gasteiger charge is 2.23. The van der Waals surface area contributed by atoms with Crippen molar-refractivity contribution < 1.29 is 0 Å². The summed E-state index contributed by atoms with van der Waals surface area (Å²) in [6.07, 6.45) is 3.91. The van der Waals surface area contributed by atoms with Crippen LogP contribution in [0.5, 0.6) is 0 Å². The summed E-state index contributed by atoms with van der Waals surface area (Å²) < 4.78 is 0. The van der Waals surface area contributed by atoms with Crippen molar-refractivity contribution in [3.05, 3.63) is 29.3 Å². The molecule has 0 aromatic heterocycles. The van der Waals surface area contributed by atoms with Gasteiger partial charge in [0.2, 0.25) is 0 Å². The van der Waals surface area contributed by atoms with Gasteiger partial charge in [-0.1, -0.05) is 6.07 Å². The minimum atomic E-state index is 0.703. The molecule has 0 atom stereocenters. The summed E-state index contributed by atoms with van der Waals surface area (Å²) in [7, 11) is 0. The smallest absolute Gasteiger partial charge is 0.0403 e. The molecule has 2 nitrogen and oxygen atoms in total. The molecule has 0 radical (unpaired) electrons. The highest BCUT2D eigenvalue weighted by molar-refractivity contribution is 5.85. The average Bonchev–Trinajstić information content (AvgIpc) is 2.88. The predicted octanol–water partition coefficient (Wildman–Crippen LogP) is 2.14. The maximum Gasteiger partial charge on any atom is 0.0403 e. The fourth-order valence-electron chi connectivity index (χ4n) is 1.39. The molecule has 2 heteroatoms. The third-order valence-electron chi connectivity index (χ3n) is 2.32. The van der Waals surface area contributed by atoms with Crippen molar-refractivity contribution in [3.63, 3.8) is 0 Å². The quantitative estimate of drug-likeness (QED) is 0.505. The van der Waals surface area contributed by atoms with Crippen molar-refractivity contribution in [2.75, 3.05) is 5.73 Å². The molecule has 62 valence electrons. The van der Waals surface area contributed by atoms with Crippen LogP contribution < -0.4 is 5.73 Å². The molecule has 2 rings (SSSR count). The van der Waals surface area contributed by atoms with Gasteiger partial charge in [0.25, 0.3) is 0 Å². The predicted molar refractivity (Wildman–Crippen MR) is 50.7 cm³/mol. The Kier molecular flexibility index (Phi) is 1.61. The van der Waals surface area contributed by atoms with Crippen LogP contribution in [0.2, 0.25) is 0 Å². The van der Waals surface area contributed by atoms with Crippen LogP contribution in [-0.4, -0.2) is 6.21 Å². The van der Waals surface area contributed by atoms with E-state index in [1.54, 1.807) is 0 Å². The van der Waals surface area contributed by atoms with Gasteiger partial charge in [-0.05, 0) is 36.5 Å². The summed E-state index contributed by atoms with van der Waals surface area (Å²) in [6, 6.07) is 5.99. The Morgan fingerprint density at radius 2 is 2.17 bits per heavy atom. The molecule has 1 aliphatic carbocycles. The van der Waals surface area contributed by atoms with Crippen LogP contribution in [0.4, 0.5) is 5.69 Å². The number of hydrogen-bond donors (Lipinski definition) is 2. The molecule has 0 unspecified atom stereocenters. The lowest BCUT2D eigenvalue weighted by Gasteiger charge is -2.02. The van der Waals surface area contributed by atoms with Crippen LogP contribution in [0.25, 0.3) is 0 Å². The summed E-state index contributed by atoms with van der Waals surface area (Å²) in [5.41, 5.74) is 8.55. The van der Waals surface area contributed by atoms with Gasteiger partial charge in [0, 0.05) is 17.5 Å². The van der Waals surface area contributed by atoms with Crippen molar-refractivity contribution in [2.24, 2.45) is 0 Å². The average molecular weight is 160 g/mol. The molecule has 1 aromatic carbocycles. The van der Waals surface area contributed by atoms with Gasteiger partial charge in [-0.25, -0.2) is 0 Å². The normalized spacial score (nSPS) is 16.0. The fourth-order valence-corrected chi connectivity index (χ4v) is 1.39. The second kappa shape index (κ2) is 2.63. The number of nitrogens with two attached hydrogens (primary N) is 1. The first-order chi connectivity index (χ1) is 5.81. The van der Waals surface area contributed by atoms with Gasteiger partial charge >= 0.3 is 0 Å². The van der Waals surface area contributed by atoms with Gasteiger partial charge in [-0.3, -0.25) is 0 Å². The van der Waals surface area contributed by atoms with Gasteiger partial charge in [-0.15, -0.1) is 0 Å². The zero-order valence-corrected chi connectivity index (χ0v) is 6.88. The summed E-state index contributed by atoms with van der Waals surface area (Å²) >= 11 is 0. The maximum atomic E-state index is 7.14. The van der Waals surface area contributed by atoms with Gasteiger partial charge in [0.05, 0.1) is 0 Å². The Morgan fingerprint density at radius 1 is 1.42 bits per heavy atom. The molecule has 1 aliphatic rings. The molecule has 12 heavy (non-hydrogen) atoms. The maximum absolute atomic E-state index is 7.14. The van der Waals surface area contributed by atoms with E-state index in [-0.39, 0.29) is 0 Å². The van der Waals surface area contributed by atoms with Crippen LogP contribution in [0.3, 0.4) is 0 Å². The van der Waals surface area contributed by atoms with Crippen molar-refractivity contribution in [1.82, 2.24) is 0 Å². The molecular formula is C10H12N2. The Bertz CT molecular complexity index is 314. The monoisotopic (exact) mass is 160 g/mol. The number of hydrogen-bond acceptors (Lipinski definition) is 2. The molecule has 0 spiro atoms. The second-order valence-electron chi connectivity index (χ2n) is 3.31. The van der Waals surface area contributed by atoms with Crippen LogP contribution in [-0.2, 0) is 0 Å². The van der Waals surface area contributed by atoms with Crippen molar-refractivity contribution in [1.29, 1.82) is 5.41 Å². The molecule has 1 fully saturated rings. The van der Waals surface area contributed by atoms with Crippen molar-refractivity contribution >= 4 is 11.9 Å². The van der Waals surface area contributed by atoms with E-state index in [1.165, 1.54) is 24.6 Å². The third kappa shape index (κ3) is 1.20. The Hall–Kier alpha value is -1.31. The summed E-state index contributed by atoms with van der Waals surface area (Å²) in [5.74, 6) is 0.740. The first-order valence-corrected chi connectivity index (χ1v) is 4.21. The van der Waals surface area contributed by atoms with Crippen LogP contribution >= 0.6 is 0 Å². The highest BCUT2D eigenvalue weighted by Crippen LogP contribution is 2.40. The third-order valence-corrected chi connectivity index (χ3v) is 2.32. The number of anilines is 1. The largest absolute Gasteiger partial charge is 0.398 e. The number of nitrogens with one attached hydrogen (secondary N) is 1. The highest BCUT2D eigenvalue weighted by atomic mass is 14.6. The second-order valence-corrected chi connectivity index (χ2v) is 3.31.